The van der Waals surface area contributed by atoms with Gasteiger partial charge >= 0.3 is 0 Å². The zero-order valence-corrected chi connectivity index (χ0v) is 10.7. The van der Waals surface area contributed by atoms with Crippen molar-refractivity contribution in [2.45, 2.75) is 38.8 Å². The smallest absolute Gasteiger partial charge is 0.0717 e. The van der Waals surface area contributed by atoms with Crippen molar-refractivity contribution in [1.82, 2.24) is 5.32 Å². The monoisotopic (exact) mass is 233 g/mol. The Morgan fingerprint density at radius 1 is 1.29 bits per heavy atom. The summed E-state index contributed by atoms with van der Waals surface area (Å²) in [4.78, 5) is 0. The Bertz CT molecular complexity index is 312. The molecule has 0 aromatic heterocycles. The van der Waals surface area contributed by atoms with Crippen LogP contribution in [0.15, 0.2) is 30.3 Å². The van der Waals surface area contributed by atoms with E-state index in [0.717, 1.165) is 31.7 Å². The van der Waals surface area contributed by atoms with Gasteiger partial charge in [-0.2, -0.15) is 0 Å². The Morgan fingerprint density at radius 2 is 2.12 bits per heavy atom. The summed E-state index contributed by atoms with van der Waals surface area (Å²) in [6.45, 7) is 4.78. The molecule has 0 bridgehead atoms. The van der Waals surface area contributed by atoms with Gasteiger partial charge in [-0.1, -0.05) is 43.7 Å². The van der Waals surface area contributed by atoms with Crippen LogP contribution in [-0.4, -0.2) is 19.2 Å². The lowest BCUT2D eigenvalue weighted by Crippen LogP contribution is -2.23. The lowest BCUT2D eigenvalue weighted by Gasteiger charge is -2.06. The lowest BCUT2D eigenvalue weighted by molar-refractivity contribution is 0.122. The first-order valence-electron chi connectivity index (χ1n) is 6.75. The lowest BCUT2D eigenvalue weighted by atomic mass is 10.2. The van der Waals surface area contributed by atoms with Gasteiger partial charge in [0, 0.05) is 12.6 Å². The van der Waals surface area contributed by atoms with Gasteiger partial charge < -0.3 is 10.1 Å². The number of benzene rings is 1. The molecule has 2 rings (SSSR count). The van der Waals surface area contributed by atoms with Crippen LogP contribution in [0.25, 0.3) is 0 Å². The van der Waals surface area contributed by atoms with Crippen molar-refractivity contribution in [1.29, 1.82) is 0 Å². The minimum absolute atomic E-state index is 0.728. The summed E-state index contributed by atoms with van der Waals surface area (Å²) in [5.41, 5.74) is 1.25. The maximum atomic E-state index is 5.63. The average Bonchev–Trinajstić information content (AvgIpc) is 3.09. The van der Waals surface area contributed by atoms with Crippen molar-refractivity contribution < 1.29 is 4.74 Å². The Labute approximate surface area is 104 Å². The molecule has 1 fully saturated rings. The molecule has 1 N–H and O–H groups in total. The van der Waals surface area contributed by atoms with E-state index in [2.05, 4.69) is 36.5 Å². The van der Waals surface area contributed by atoms with Gasteiger partial charge in [-0.25, -0.2) is 0 Å². The average molecular weight is 233 g/mol. The summed E-state index contributed by atoms with van der Waals surface area (Å²) in [6, 6.07) is 11.1. The van der Waals surface area contributed by atoms with Gasteiger partial charge in [-0.05, 0) is 24.3 Å². The van der Waals surface area contributed by atoms with Crippen LogP contribution in [0.1, 0.15) is 31.7 Å². The van der Waals surface area contributed by atoms with E-state index in [0.29, 0.717) is 0 Å². The first kappa shape index (κ1) is 12.6. The second-order valence-corrected chi connectivity index (χ2v) is 4.88. The van der Waals surface area contributed by atoms with E-state index < -0.39 is 0 Å². The summed E-state index contributed by atoms with van der Waals surface area (Å²) in [6.07, 6.45) is 4.06. The summed E-state index contributed by atoms with van der Waals surface area (Å²) < 4.78 is 5.63. The fourth-order valence-corrected chi connectivity index (χ4v) is 2.27. The van der Waals surface area contributed by atoms with Gasteiger partial charge in [-0.15, -0.1) is 0 Å². The Kier molecular flexibility index (Phi) is 5.02. The third-order valence-electron chi connectivity index (χ3n) is 3.35. The molecule has 2 heteroatoms. The number of nitrogens with one attached hydrogen (secondary N) is 1. The number of rotatable bonds is 8. The molecule has 1 aliphatic rings. The van der Waals surface area contributed by atoms with E-state index in [-0.39, 0.29) is 0 Å². The van der Waals surface area contributed by atoms with Crippen molar-refractivity contribution in [2.75, 3.05) is 13.2 Å². The molecule has 2 atom stereocenters. The van der Waals surface area contributed by atoms with Crippen LogP contribution in [0, 0.1) is 5.92 Å². The molecule has 2 unspecified atom stereocenters. The van der Waals surface area contributed by atoms with E-state index in [1.807, 2.05) is 6.07 Å². The Balaban J connectivity index is 1.48. The maximum absolute atomic E-state index is 5.63. The highest BCUT2D eigenvalue weighted by atomic mass is 16.5. The summed E-state index contributed by atoms with van der Waals surface area (Å²) in [7, 11) is 0. The fourth-order valence-electron chi connectivity index (χ4n) is 2.27. The van der Waals surface area contributed by atoms with Gasteiger partial charge in [-0.3, -0.25) is 0 Å². The molecule has 17 heavy (non-hydrogen) atoms. The van der Waals surface area contributed by atoms with Crippen LogP contribution < -0.4 is 5.32 Å². The predicted molar refractivity (Wildman–Crippen MR) is 70.9 cm³/mol. The molecule has 0 saturated heterocycles. The molecule has 0 spiro atoms. The predicted octanol–water partition coefficient (Wildman–Crippen LogP) is 2.98. The number of hydrogen-bond donors (Lipinski definition) is 1. The van der Waals surface area contributed by atoms with Crippen LogP contribution >= 0.6 is 0 Å². The van der Waals surface area contributed by atoms with Crippen LogP contribution in [0.3, 0.4) is 0 Å². The van der Waals surface area contributed by atoms with Gasteiger partial charge in [0.1, 0.15) is 0 Å². The zero-order chi connectivity index (χ0) is 11.9. The highest BCUT2D eigenvalue weighted by Crippen LogP contribution is 2.34. The topological polar surface area (TPSA) is 21.3 Å². The van der Waals surface area contributed by atoms with E-state index in [4.69, 9.17) is 4.74 Å². The Morgan fingerprint density at radius 3 is 2.88 bits per heavy atom. The highest BCUT2D eigenvalue weighted by molar-refractivity contribution is 5.13. The second kappa shape index (κ2) is 6.77. The molecule has 0 heterocycles. The molecule has 1 aliphatic carbocycles. The van der Waals surface area contributed by atoms with Gasteiger partial charge in [0.05, 0.1) is 13.2 Å². The first-order valence-corrected chi connectivity index (χ1v) is 6.75. The quantitative estimate of drug-likeness (QED) is 0.697. The highest BCUT2D eigenvalue weighted by Gasteiger charge is 2.34. The minimum Gasteiger partial charge on any atom is -0.375 e. The summed E-state index contributed by atoms with van der Waals surface area (Å²) >= 11 is 0. The molecule has 1 saturated carbocycles. The molecule has 94 valence electrons. The standard InChI is InChI=1S/C15H23NO/c1-2-6-14-11-15(14)16-9-10-17-12-13-7-4-3-5-8-13/h3-5,7-8,14-16H,2,6,9-12H2,1H3. The van der Waals surface area contributed by atoms with Crippen molar-refractivity contribution >= 4 is 0 Å². The number of hydrogen-bond acceptors (Lipinski definition) is 2. The van der Waals surface area contributed by atoms with Crippen LogP contribution in [0.2, 0.25) is 0 Å². The normalized spacial score (nSPS) is 22.6. The van der Waals surface area contributed by atoms with Gasteiger partial charge in [0.25, 0.3) is 0 Å². The van der Waals surface area contributed by atoms with E-state index in [1.54, 1.807) is 0 Å². The van der Waals surface area contributed by atoms with Crippen molar-refractivity contribution in [3.8, 4) is 0 Å². The largest absolute Gasteiger partial charge is 0.375 e. The van der Waals surface area contributed by atoms with E-state index in [9.17, 15) is 0 Å². The van der Waals surface area contributed by atoms with Crippen molar-refractivity contribution in [3.63, 3.8) is 0 Å². The summed E-state index contributed by atoms with van der Waals surface area (Å²) in [5.74, 6) is 0.939. The molecule has 0 aliphatic heterocycles. The van der Waals surface area contributed by atoms with Crippen LogP contribution in [-0.2, 0) is 11.3 Å². The zero-order valence-electron chi connectivity index (χ0n) is 10.7. The minimum atomic E-state index is 0.728. The maximum Gasteiger partial charge on any atom is 0.0717 e. The third-order valence-corrected chi connectivity index (χ3v) is 3.35. The molecule has 2 nitrogen and oxygen atoms in total. The Hall–Kier alpha value is -0.860. The summed E-state index contributed by atoms with van der Waals surface area (Å²) in [5, 5.41) is 3.55. The van der Waals surface area contributed by atoms with Crippen LogP contribution in [0.4, 0.5) is 0 Å². The second-order valence-electron chi connectivity index (χ2n) is 4.88. The van der Waals surface area contributed by atoms with Crippen molar-refractivity contribution in [2.24, 2.45) is 5.92 Å². The number of ether oxygens (including phenoxy) is 1. The van der Waals surface area contributed by atoms with Crippen LogP contribution in [0.5, 0.6) is 0 Å². The van der Waals surface area contributed by atoms with Gasteiger partial charge in [0.2, 0.25) is 0 Å². The molecule has 1 aromatic rings. The van der Waals surface area contributed by atoms with Crippen molar-refractivity contribution in [3.05, 3.63) is 35.9 Å². The SMILES string of the molecule is CCCC1CC1NCCOCc1ccccc1. The van der Waals surface area contributed by atoms with E-state index in [1.165, 1.54) is 24.8 Å². The first-order chi connectivity index (χ1) is 8.40. The molecular weight excluding hydrogens is 210 g/mol. The molecule has 0 amide bonds. The molecular formula is C15H23NO. The molecule has 0 radical (unpaired) electrons. The fraction of sp³-hybridized carbons (Fsp3) is 0.600. The van der Waals surface area contributed by atoms with E-state index >= 15 is 0 Å². The van der Waals surface area contributed by atoms with Gasteiger partial charge in [0.15, 0.2) is 0 Å². The third kappa shape index (κ3) is 4.49. The molecule has 1 aromatic carbocycles.